The summed E-state index contributed by atoms with van der Waals surface area (Å²) in [4.78, 5) is 10.2. The number of aliphatic hydroxyl groups excluding tert-OH is 1. The van der Waals surface area contributed by atoms with Crippen molar-refractivity contribution in [3.05, 3.63) is 60.4 Å². The minimum absolute atomic E-state index is 0.174. The molecule has 0 aromatic heterocycles. The van der Waals surface area contributed by atoms with Crippen molar-refractivity contribution in [3.63, 3.8) is 0 Å². The molecule has 0 radical (unpaired) electrons. The Morgan fingerprint density at radius 2 is 1.39 bits per heavy atom. The number of hydrogen-bond donors (Lipinski definition) is 2. The maximum atomic E-state index is 10.2. The molecule has 0 aromatic rings. The quantitative estimate of drug-likeness (QED) is 0.193. The lowest BCUT2D eigenvalue weighted by Crippen LogP contribution is -1.84. The molecular weight excluding hydrogens is 288 g/mol. The van der Waals surface area contributed by atoms with Crippen LogP contribution in [0.1, 0.15) is 58.3 Å². The van der Waals surface area contributed by atoms with Gasteiger partial charge in [-0.25, -0.2) is 4.79 Å². The molecule has 0 aliphatic heterocycles. The normalized spacial score (nSPS) is 13.2. The first-order valence-electron chi connectivity index (χ1n) is 8.47. The van der Waals surface area contributed by atoms with Gasteiger partial charge in [0, 0.05) is 6.08 Å². The Hall–Kier alpha value is -2.03. The Morgan fingerprint density at radius 3 is 2.04 bits per heavy atom. The highest BCUT2D eigenvalue weighted by Crippen LogP contribution is 2.08. The first-order chi connectivity index (χ1) is 11.2. The lowest BCUT2D eigenvalue weighted by molar-refractivity contribution is -0.131. The fourth-order valence-corrected chi connectivity index (χ4v) is 1.96. The van der Waals surface area contributed by atoms with Gasteiger partial charge in [0.2, 0.25) is 0 Å². The largest absolute Gasteiger partial charge is 0.508 e. The predicted molar refractivity (Wildman–Crippen MR) is 97.5 cm³/mol. The smallest absolute Gasteiger partial charge is 0.328 e. The third-order valence-corrected chi connectivity index (χ3v) is 3.22. The van der Waals surface area contributed by atoms with Gasteiger partial charge in [0.1, 0.15) is 5.76 Å². The van der Waals surface area contributed by atoms with Gasteiger partial charge < -0.3 is 10.2 Å². The van der Waals surface area contributed by atoms with Gasteiger partial charge in [-0.05, 0) is 25.0 Å². The Morgan fingerprint density at radius 1 is 0.783 bits per heavy atom. The number of unbranched alkanes of at least 4 members (excludes halogenated alkanes) is 7. The lowest BCUT2D eigenvalue weighted by atomic mass is 10.1. The minimum atomic E-state index is -0.979. The second kappa shape index (κ2) is 16.3. The van der Waals surface area contributed by atoms with Crippen molar-refractivity contribution in [1.82, 2.24) is 0 Å². The molecule has 0 aliphatic carbocycles. The van der Waals surface area contributed by atoms with Crippen LogP contribution in [0.15, 0.2) is 60.4 Å². The molecule has 0 heterocycles. The number of carbonyl (C=O) groups is 1. The molecule has 0 aliphatic rings. The van der Waals surface area contributed by atoms with Gasteiger partial charge in [0.05, 0.1) is 0 Å². The van der Waals surface area contributed by atoms with Crippen LogP contribution in [0.5, 0.6) is 0 Å². The van der Waals surface area contributed by atoms with Crippen LogP contribution >= 0.6 is 0 Å². The van der Waals surface area contributed by atoms with Crippen LogP contribution in [0.3, 0.4) is 0 Å². The fraction of sp³-hybridized carbons (Fsp3) is 0.450. The van der Waals surface area contributed by atoms with E-state index >= 15 is 0 Å². The van der Waals surface area contributed by atoms with Gasteiger partial charge in [-0.2, -0.15) is 0 Å². The number of carboxylic acid groups (broad SMARTS) is 1. The molecule has 0 atom stereocenters. The molecule has 2 N–H and O–H groups in total. The Bertz CT molecular complexity index is 440. The van der Waals surface area contributed by atoms with Crippen molar-refractivity contribution in [3.8, 4) is 0 Å². The zero-order chi connectivity index (χ0) is 17.2. The van der Waals surface area contributed by atoms with Crippen LogP contribution in [0.2, 0.25) is 0 Å². The van der Waals surface area contributed by atoms with Crippen LogP contribution in [0, 0.1) is 0 Å². The molecule has 0 aromatic carbocycles. The van der Waals surface area contributed by atoms with E-state index in [1.165, 1.54) is 51.0 Å². The van der Waals surface area contributed by atoms with Crippen molar-refractivity contribution in [2.24, 2.45) is 0 Å². The molecule has 128 valence electrons. The first-order valence-corrected chi connectivity index (χ1v) is 8.47. The summed E-state index contributed by atoms with van der Waals surface area (Å²) in [5.41, 5.74) is 0. The van der Waals surface area contributed by atoms with Crippen LogP contribution in [0.4, 0.5) is 0 Å². The van der Waals surface area contributed by atoms with Gasteiger partial charge in [-0.3, -0.25) is 0 Å². The molecule has 0 spiro atoms. The third-order valence-electron chi connectivity index (χ3n) is 3.22. The Labute approximate surface area is 140 Å². The summed E-state index contributed by atoms with van der Waals surface area (Å²) in [7, 11) is 0. The van der Waals surface area contributed by atoms with Crippen molar-refractivity contribution in [1.29, 1.82) is 0 Å². The monoisotopic (exact) mass is 318 g/mol. The molecule has 0 unspecified atom stereocenters. The van der Waals surface area contributed by atoms with E-state index in [-0.39, 0.29) is 5.76 Å². The summed E-state index contributed by atoms with van der Waals surface area (Å²) < 4.78 is 0. The number of hydrogen-bond acceptors (Lipinski definition) is 2. The summed E-state index contributed by atoms with van der Waals surface area (Å²) in [5, 5.41) is 18.0. The molecule has 3 nitrogen and oxygen atoms in total. The van der Waals surface area contributed by atoms with Gasteiger partial charge in [-0.15, -0.1) is 0 Å². The van der Waals surface area contributed by atoms with E-state index in [0.29, 0.717) is 0 Å². The van der Waals surface area contributed by atoms with Gasteiger partial charge in [0.15, 0.2) is 0 Å². The highest BCUT2D eigenvalue weighted by molar-refractivity contribution is 5.80. The second-order valence-electron chi connectivity index (χ2n) is 5.37. The molecule has 0 rings (SSSR count). The predicted octanol–water partition coefficient (Wildman–Crippen LogP) is 5.88. The molecular formula is C20H30O3. The second-order valence-corrected chi connectivity index (χ2v) is 5.37. The molecule has 0 amide bonds. The van der Waals surface area contributed by atoms with E-state index in [9.17, 15) is 9.90 Å². The highest BCUT2D eigenvalue weighted by Gasteiger charge is 1.89. The number of rotatable bonds is 13. The summed E-state index contributed by atoms with van der Waals surface area (Å²) >= 11 is 0. The molecule has 0 saturated carbocycles. The lowest BCUT2D eigenvalue weighted by Gasteiger charge is -1.98. The zero-order valence-corrected chi connectivity index (χ0v) is 14.2. The van der Waals surface area contributed by atoms with Gasteiger partial charge in [0.25, 0.3) is 0 Å². The minimum Gasteiger partial charge on any atom is -0.508 e. The summed E-state index contributed by atoms with van der Waals surface area (Å²) in [6, 6.07) is 0. The molecule has 3 heteroatoms. The fourth-order valence-electron chi connectivity index (χ4n) is 1.96. The average molecular weight is 318 g/mol. The highest BCUT2D eigenvalue weighted by atomic mass is 16.4. The Kier molecular flexibility index (Phi) is 14.9. The van der Waals surface area contributed by atoms with E-state index in [0.717, 1.165) is 12.5 Å². The first kappa shape index (κ1) is 21.0. The maximum Gasteiger partial charge on any atom is 0.328 e. The number of aliphatic carboxylic acids is 1. The van der Waals surface area contributed by atoms with E-state index in [2.05, 4.69) is 13.0 Å². The average Bonchev–Trinajstić information content (AvgIpc) is 2.52. The van der Waals surface area contributed by atoms with E-state index in [4.69, 9.17) is 5.11 Å². The molecule has 0 saturated heterocycles. The maximum absolute atomic E-state index is 10.2. The SMILES string of the molecule is CCCCCCCCCC=CC=C(O)C=CC=CC=CC(=O)O. The zero-order valence-electron chi connectivity index (χ0n) is 14.2. The molecule has 0 fully saturated rings. The van der Waals surface area contributed by atoms with Crippen molar-refractivity contribution in [2.75, 3.05) is 0 Å². The van der Waals surface area contributed by atoms with Crippen molar-refractivity contribution >= 4 is 5.97 Å². The number of carboxylic acids is 1. The van der Waals surface area contributed by atoms with Crippen molar-refractivity contribution in [2.45, 2.75) is 58.3 Å². The summed E-state index contributed by atoms with van der Waals surface area (Å²) in [6.07, 6.45) is 24.7. The standard InChI is InChI=1S/C20H30O3/c1-2-3-4-5-6-7-8-9-10-13-16-19(21)17-14-11-12-15-18-20(22)23/h10-18,21H,2-9H2,1H3,(H,22,23). The third kappa shape index (κ3) is 17.9. The number of allylic oxidation sites excluding steroid dienone is 8. The van der Waals surface area contributed by atoms with Crippen molar-refractivity contribution < 1.29 is 15.0 Å². The summed E-state index contributed by atoms with van der Waals surface area (Å²) in [5.74, 6) is -0.805. The van der Waals surface area contributed by atoms with Gasteiger partial charge >= 0.3 is 5.97 Å². The molecule has 23 heavy (non-hydrogen) atoms. The van der Waals surface area contributed by atoms with Crippen LogP contribution in [0.25, 0.3) is 0 Å². The van der Waals surface area contributed by atoms with Crippen LogP contribution < -0.4 is 0 Å². The topological polar surface area (TPSA) is 57.5 Å². The van der Waals surface area contributed by atoms with Gasteiger partial charge in [-0.1, -0.05) is 81.9 Å². The van der Waals surface area contributed by atoms with E-state index in [1.807, 2.05) is 6.08 Å². The number of aliphatic hydroxyl groups is 1. The Balaban J connectivity index is 3.73. The van der Waals surface area contributed by atoms with Crippen LogP contribution in [-0.4, -0.2) is 16.2 Å². The van der Waals surface area contributed by atoms with Crippen LogP contribution in [-0.2, 0) is 4.79 Å². The molecule has 0 bridgehead atoms. The summed E-state index contributed by atoms with van der Waals surface area (Å²) in [6.45, 7) is 2.23. The van der Waals surface area contributed by atoms with E-state index < -0.39 is 5.97 Å². The van der Waals surface area contributed by atoms with E-state index in [1.54, 1.807) is 30.4 Å².